The van der Waals surface area contributed by atoms with Gasteiger partial charge in [-0.25, -0.2) is 9.97 Å². The van der Waals surface area contributed by atoms with Crippen molar-refractivity contribution in [2.45, 2.75) is 25.9 Å². The standard InChI is InChI=1S/C21H21ClN4O4/c1-13-17(18(25-30-13)15-7-3-4-8-16(15)22)21(27)26-11-5-6-14(12-26)29-20-19(28-2)23-9-10-24-20/h3-4,7-10,14H,5-6,11-12H2,1-2H3. The molecule has 0 radical (unpaired) electrons. The van der Waals surface area contributed by atoms with Crippen LogP contribution in [0.4, 0.5) is 0 Å². The molecule has 2 aromatic heterocycles. The summed E-state index contributed by atoms with van der Waals surface area (Å²) in [5.41, 5.74) is 1.52. The number of benzene rings is 1. The molecule has 3 heterocycles. The maximum absolute atomic E-state index is 13.4. The number of hydrogen-bond donors (Lipinski definition) is 0. The third-order valence-electron chi connectivity index (χ3n) is 4.98. The summed E-state index contributed by atoms with van der Waals surface area (Å²) in [6.45, 7) is 2.75. The van der Waals surface area contributed by atoms with Crippen molar-refractivity contribution in [3.05, 3.63) is 53.0 Å². The number of aromatic nitrogens is 3. The van der Waals surface area contributed by atoms with Crippen LogP contribution in [0.1, 0.15) is 29.0 Å². The fourth-order valence-electron chi connectivity index (χ4n) is 3.53. The average molecular weight is 429 g/mol. The lowest BCUT2D eigenvalue weighted by Gasteiger charge is -2.32. The summed E-state index contributed by atoms with van der Waals surface area (Å²) in [5.74, 6) is 0.922. The third kappa shape index (κ3) is 3.95. The molecule has 9 heteroatoms. The number of ether oxygens (including phenoxy) is 2. The Balaban J connectivity index is 1.56. The molecular formula is C21H21ClN4O4. The molecule has 8 nitrogen and oxygen atoms in total. The topological polar surface area (TPSA) is 90.6 Å². The predicted molar refractivity (Wildman–Crippen MR) is 110 cm³/mol. The molecule has 0 aliphatic carbocycles. The highest BCUT2D eigenvalue weighted by molar-refractivity contribution is 6.33. The number of hydrogen-bond acceptors (Lipinski definition) is 7. The van der Waals surface area contributed by atoms with Crippen LogP contribution in [0.15, 0.2) is 41.2 Å². The van der Waals surface area contributed by atoms with E-state index in [1.54, 1.807) is 24.1 Å². The summed E-state index contributed by atoms with van der Waals surface area (Å²) in [6.07, 6.45) is 4.44. The molecule has 1 aromatic carbocycles. The Bertz CT molecular complexity index is 1050. The number of likely N-dealkylation sites (tertiary alicyclic amines) is 1. The molecule has 1 saturated heterocycles. The molecule has 1 unspecified atom stereocenters. The Morgan fingerprint density at radius 2 is 2.00 bits per heavy atom. The summed E-state index contributed by atoms with van der Waals surface area (Å²) < 4.78 is 16.5. The monoisotopic (exact) mass is 428 g/mol. The van der Waals surface area contributed by atoms with Crippen molar-refractivity contribution in [3.8, 4) is 23.0 Å². The minimum atomic E-state index is -0.225. The number of amides is 1. The van der Waals surface area contributed by atoms with Gasteiger partial charge in [0.1, 0.15) is 23.1 Å². The van der Waals surface area contributed by atoms with Gasteiger partial charge in [0.05, 0.1) is 18.7 Å². The molecule has 0 N–H and O–H groups in total. The van der Waals surface area contributed by atoms with Crippen molar-refractivity contribution in [2.75, 3.05) is 20.2 Å². The van der Waals surface area contributed by atoms with Crippen LogP contribution in [0, 0.1) is 6.92 Å². The van der Waals surface area contributed by atoms with Gasteiger partial charge in [0.25, 0.3) is 17.7 Å². The molecule has 156 valence electrons. The predicted octanol–water partition coefficient (Wildman–Crippen LogP) is 3.79. The third-order valence-corrected chi connectivity index (χ3v) is 5.31. The van der Waals surface area contributed by atoms with Crippen molar-refractivity contribution < 1.29 is 18.8 Å². The maximum Gasteiger partial charge on any atom is 0.278 e. The SMILES string of the molecule is COc1nccnc1OC1CCCN(C(=O)c2c(-c3ccccc3Cl)noc2C)C1. The van der Waals surface area contributed by atoms with Gasteiger partial charge in [-0.1, -0.05) is 35.0 Å². The van der Waals surface area contributed by atoms with Gasteiger partial charge < -0.3 is 18.9 Å². The largest absolute Gasteiger partial charge is 0.477 e. The summed E-state index contributed by atoms with van der Waals surface area (Å²) in [6, 6.07) is 7.25. The molecule has 0 saturated carbocycles. The Morgan fingerprint density at radius 1 is 1.23 bits per heavy atom. The molecule has 30 heavy (non-hydrogen) atoms. The van der Waals surface area contributed by atoms with Crippen LogP contribution in [0.5, 0.6) is 11.8 Å². The van der Waals surface area contributed by atoms with Gasteiger partial charge in [-0.15, -0.1) is 0 Å². The second kappa shape index (κ2) is 8.71. The number of aryl methyl sites for hydroxylation is 1. The Morgan fingerprint density at radius 3 is 2.77 bits per heavy atom. The highest BCUT2D eigenvalue weighted by Crippen LogP contribution is 2.32. The van der Waals surface area contributed by atoms with Crippen LogP contribution in [-0.2, 0) is 0 Å². The van der Waals surface area contributed by atoms with Gasteiger partial charge >= 0.3 is 0 Å². The number of carbonyl (C=O) groups is 1. The zero-order valence-electron chi connectivity index (χ0n) is 16.7. The number of piperidine rings is 1. The average Bonchev–Trinajstić information content (AvgIpc) is 3.15. The first-order chi connectivity index (χ1) is 14.6. The minimum absolute atomic E-state index is 0.164. The van der Waals surface area contributed by atoms with E-state index in [1.807, 2.05) is 18.2 Å². The summed E-state index contributed by atoms with van der Waals surface area (Å²) in [7, 11) is 1.51. The van der Waals surface area contributed by atoms with E-state index in [0.29, 0.717) is 52.5 Å². The van der Waals surface area contributed by atoms with Gasteiger partial charge in [0.2, 0.25) is 0 Å². The van der Waals surface area contributed by atoms with Crippen LogP contribution >= 0.6 is 11.6 Å². The van der Waals surface area contributed by atoms with E-state index in [4.69, 9.17) is 25.6 Å². The molecule has 1 aliphatic heterocycles. The molecule has 1 aliphatic rings. The molecule has 0 bridgehead atoms. The zero-order valence-corrected chi connectivity index (χ0v) is 17.4. The second-order valence-corrected chi connectivity index (χ2v) is 7.35. The van der Waals surface area contributed by atoms with Gasteiger partial charge in [-0.3, -0.25) is 4.79 Å². The van der Waals surface area contributed by atoms with Crippen molar-refractivity contribution in [1.82, 2.24) is 20.0 Å². The smallest absolute Gasteiger partial charge is 0.278 e. The van der Waals surface area contributed by atoms with Gasteiger partial charge in [-0.05, 0) is 25.8 Å². The van der Waals surface area contributed by atoms with E-state index in [-0.39, 0.29) is 12.0 Å². The molecule has 4 rings (SSSR count). The van der Waals surface area contributed by atoms with E-state index < -0.39 is 0 Å². The fourth-order valence-corrected chi connectivity index (χ4v) is 3.75. The van der Waals surface area contributed by atoms with Crippen LogP contribution in [0.2, 0.25) is 5.02 Å². The number of methoxy groups -OCH3 is 1. The Kier molecular flexibility index (Phi) is 5.85. The van der Waals surface area contributed by atoms with E-state index in [9.17, 15) is 4.79 Å². The molecule has 3 aromatic rings. The Hall–Kier alpha value is -3.13. The van der Waals surface area contributed by atoms with Crippen molar-refractivity contribution >= 4 is 17.5 Å². The molecular weight excluding hydrogens is 408 g/mol. The normalized spacial score (nSPS) is 16.4. The van der Waals surface area contributed by atoms with Gasteiger partial charge in [-0.2, -0.15) is 0 Å². The summed E-state index contributed by atoms with van der Waals surface area (Å²) >= 11 is 6.32. The molecule has 0 spiro atoms. The van der Waals surface area contributed by atoms with Crippen LogP contribution in [-0.4, -0.2) is 52.2 Å². The fraction of sp³-hybridized carbons (Fsp3) is 0.333. The first-order valence-corrected chi connectivity index (χ1v) is 9.98. The summed E-state index contributed by atoms with van der Waals surface area (Å²) in [5, 5.41) is 4.61. The van der Waals surface area contributed by atoms with E-state index >= 15 is 0 Å². The van der Waals surface area contributed by atoms with E-state index in [0.717, 1.165) is 12.8 Å². The number of rotatable bonds is 5. The van der Waals surface area contributed by atoms with Gasteiger partial charge in [0, 0.05) is 24.5 Å². The number of nitrogens with zero attached hydrogens (tertiary/aromatic N) is 4. The van der Waals surface area contributed by atoms with Crippen molar-refractivity contribution in [2.24, 2.45) is 0 Å². The number of halogens is 1. The van der Waals surface area contributed by atoms with Crippen LogP contribution < -0.4 is 9.47 Å². The lowest BCUT2D eigenvalue weighted by Crippen LogP contribution is -2.44. The first kappa shape index (κ1) is 20.2. The van der Waals surface area contributed by atoms with Crippen LogP contribution in [0.25, 0.3) is 11.3 Å². The molecule has 1 atom stereocenters. The molecule has 1 amide bonds. The highest BCUT2D eigenvalue weighted by Gasteiger charge is 2.31. The quantitative estimate of drug-likeness (QED) is 0.610. The first-order valence-electron chi connectivity index (χ1n) is 9.60. The van der Waals surface area contributed by atoms with Crippen molar-refractivity contribution in [3.63, 3.8) is 0 Å². The summed E-state index contributed by atoms with van der Waals surface area (Å²) in [4.78, 5) is 23.4. The second-order valence-electron chi connectivity index (χ2n) is 6.95. The van der Waals surface area contributed by atoms with Crippen molar-refractivity contribution in [1.29, 1.82) is 0 Å². The minimum Gasteiger partial charge on any atom is -0.477 e. The van der Waals surface area contributed by atoms with E-state index in [2.05, 4.69) is 15.1 Å². The molecule has 1 fully saturated rings. The maximum atomic E-state index is 13.4. The van der Waals surface area contributed by atoms with Gasteiger partial charge in [0.15, 0.2) is 0 Å². The Labute approximate surface area is 178 Å². The lowest BCUT2D eigenvalue weighted by molar-refractivity contribution is 0.0518. The number of carbonyl (C=O) groups excluding carboxylic acids is 1. The van der Waals surface area contributed by atoms with E-state index in [1.165, 1.54) is 13.3 Å². The van der Waals surface area contributed by atoms with Crippen LogP contribution in [0.3, 0.4) is 0 Å². The highest BCUT2D eigenvalue weighted by atomic mass is 35.5. The lowest BCUT2D eigenvalue weighted by atomic mass is 10.0. The zero-order chi connectivity index (χ0) is 21.1.